The zero-order valence-corrected chi connectivity index (χ0v) is 35.3. The summed E-state index contributed by atoms with van der Waals surface area (Å²) in [6.07, 6.45) is 5.76. The molecule has 4 aromatic rings. The number of nitrogens with zero attached hydrogens (tertiary/aromatic N) is 8. The normalized spacial score (nSPS) is 23.2. The van der Waals surface area contributed by atoms with E-state index in [-0.39, 0.29) is 47.4 Å². The maximum absolute atomic E-state index is 14.3. The summed E-state index contributed by atoms with van der Waals surface area (Å²) in [5.41, 5.74) is 0.932. The Balaban J connectivity index is 0.711. The number of piperidine rings is 1. The molecule has 1 aliphatic carbocycles. The second-order valence-corrected chi connectivity index (χ2v) is 16.8. The third-order valence-electron chi connectivity index (χ3n) is 12.6. The third kappa shape index (κ3) is 9.19. The number of ether oxygens (including phenoxy) is 3. The standard InChI is InChI=1S/C43H51F2N11O8/c44-38(45)37-32(48-40(58)30-21-47-54-13-11-34(49-39(30)54)53-15-18-62-19-16-53)24-55(51-37)27-7-5-26(6-8-27)22-52-14-20-64-28(23-52)25-63-17-2-12-46-31-4-1-3-29-36(31)43(61)56(42(29)60)33-9-10-35(57)50-41(33)59/h1,3-4,11,13,21,24,26-28,33,38,46H,2,5-10,12,14-20,22-23,25H2,(H,48,58)(H,50,57,59)/t26?,27?,28-,33?/m1/s1. The number of halogens is 2. The van der Waals surface area contributed by atoms with Crippen LogP contribution in [0.1, 0.15) is 94.2 Å². The van der Waals surface area contributed by atoms with E-state index in [2.05, 4.69) is 40.9 Å². The average Bonchev–Trinajstić information content (AvgIpc) is 4.00. The number of alkyl halides is 2. The van der Waals surface area contributed by atoms with Gasteiger partial charge < -0.3 is 29.7 Å². The van der Waals surface area contributed by atoms with Gasteiger partial charge in [-0.05, 0) is 62.6 Å². The fourth-order valence-corrected chi connectivity index (χ4v) is 9.31. The second-order valence-electron chi connectivity index (χ2n) is 16.8. The van der Waals surface area contributed by atoms with E-state index in [0.717, 1.165) is 50.2 Å². The Bertz CT molecular complexity index is 2400. The minimum absolute atomic E-state index is 0.0303. The van der Waals surface area contributed by atoms with Crippen molar-refractivity contribution in [2.75, 3.05) is 87.8 Å². The number of benzene rings is 1. The first-order valence-corrected chi connectivity index (χ1v) is 22.0. The Hall–Kier alpha value is -5.90. The molecule has 340 valence electrons. The molecule has 4 aliphatic heterocycles. The van der Waals surface area contributed by atoms with E-state index in [1.807, 2.05) is 6.07 Å². The van der Waals surface area contributed by atoms with Crippen molar-refractivity contribution in [1.82, 2.24) is 39.5 Å². The summed E-state index contributed by atoms with van der Waals surface area (Å²) >= 11 is 0. The lowest BCUT2D eigenvalue weighted by atomic mass is 9.85. The van der Waals surface area contributed by atoms with Gasteiger partial charge in [-0.2, -0.15) is 10.2 Å². The van der Waals surface area contributed by atoms with Crippen LogP contribution in [0.4, 0.5) is 26.0 Å². The number of aromatic nitrogens is 5. The Labute approximate surface area is 366 Å². The molecule has 4 fully saturated rings. The molecule has 3 N–H and O–H groups in total. The number of rotatable bonds is 15. The van der Waals surface area contributed by atoms with E-state index >= 15 is 0 Å². The number of imide groups is 2. The van der Waals surface area contributed by atoms with Crippen LogP contribution in [0, 0.1) is 5.92 Å². The number of hydrogen-bond acceptors (Lipinski definition) is 14. The minimum Gasteiger partial charge on any atom is -0.384 e. The predicted octanol–water partition coefficient (Wildman–Crippen LogP) is 3.30. The number of nitrogens with one attached hydrogen (secondary N) is 3. The van der Waals surface area contributed by atoms with Crippen molar-refractivity contribution in [3.63, 3.8) is 0 Å². The molecule has 3 aromatic heterocycles. The first kappa shape index (κ1) is 43.4. The highest BCUT2D eigenvalue weighted by molar-refractivity contribution is 6.25. The molecule has 0 radical (unpaired) electrons. The molecule has 9 rings (SSSR count). The molecule has 1 unspecified atom stereocenters. The summed E-state index contributed by atoms with van der Waals surface area (Å²) in [6.45, 7) is 6.84. The summed E-state index contributed by atoms with van der Waals surface area (Å²) in [4.78, 5) is 74.1. The fraction of sp³-hybridized carbons (Fsp3) is 0.535. The monoisotopic (exact) mass is 887 g/mol. The SMILES string of the molecule is O=C1CCC(N2C(=O)c3cccc(NCCCOC[C@H]4CN(CC5CCC(n6cc(NC(=O)c7cnn8ccc(N9CCOCC9)nc78)c(C(F)F)n6)CC5)CCO4)c3C2=O)C(=O)N1. The Morgan fingerprint density at radius 3 is 2.61 bits per heavy atom. The smallest absolute Gasteiger partial charge is 0.284 e. The molecule has 19 nitrogen and oxygen atoms in total. The summed E-state index contributed by atoms with van der Waals surface area (Å²) < 4.78 is 49.0. The Morgan fingerprint density at radius 1 is 0.984 bits per heavy atom. The lowest BCUT2D eigenvalue weighted by Gasteiger charge is -2.37. The van der Waals surface area contributed by atoms with Crippen LogP contribution in [-0.4, -0.2) is 148 Å². The molecule has 64 heavy (non-hydrogen) atoms. The van der Waals surface area contributed by atoms with E-state index in [9.17, 15) is 32.8 Å². The molecular weight excluding hydrogens is 837 g/mol. The summed E-state index contributed by atoms with van der Waals surface area (Å²) in [5.74, 6) is -1.67. The van der Waals surface area contributed by atoms with Gasteiger partial charge in [-0.3, -0.25) is 43.8 Å². The lowest BCUT2D eigenvalue weighted by Crippen LogP contribution is -2.54. The predicted molar refractivity (Wildman–Crippen MR) is 225 cm³/mol. The molecule has 5 aliphatic rings. The molecule has 3 saturated heterocycles. The van der Waals surface area contributed by atoms with Crippen LogP contribution < -0.4 is 20.9 Å². The lowest BCUT2D eigenvalue weighted by molar-refractivity contribution is -0.136. The minimum atomic E-state index is -2.88. The van der Waals surface area contributed by atoms with Gasteiger partial charge in [0.15, 0.2) is 11.3 Å². The average molecular weight is 888 g/mol. The number of amides is 5. The van der Waals surface area contributed by atoms with Crippen molar-refractivity contribution in [1.29, 1.82) is 0 Å². The van der Waals surface area contributed by atoms with Crippen LogP contribution in [0.2, 0.25) is 0 Å². The molecule has 0 spiro atoms. The zero-order valence-electron chi connectivity index (χ0n) is 35.3. The van der Waals surface area contributed by atoms with Crippen molar-refractivity contribution in [3.05, 3.63) is 65.2 Å². The molecular formula is C43H51F2N11O8. The quantitative estimate of drug-likeness (QED) is 0.116. The van der Waals surface area contributed by atoms with Gasteiger partial charge in [0.25, 0.3) is 24.1 Å². The van der Waals surface area contributed by atoms with Crippen molar-refractivity contribution in [2.45, 2.75) is 69.6 Å². The number of fused-ring (bicyclic) bond motifs is 2. The number of hydrogen-bond donors (Lipinski definition) is 3. The molecule has 1 saturated carbocycles. The van der Waals surface area contributed by atoms with Crippen LogP contribution in [0.5, 0.6) is 0 Å². The van der Waals surface area contributed by atoms with Gasteiger partial charge in [0, 0.05) is 70.4 Å². The van der Waals surface area contributed by atoms with Crippen molar-refractivity contribution < 1.29 is 47.0 Å². The summed E-state index contributed by atoms with van der Waals surface area (Å²) in [6, 6.07) is 5.68. The Morgan fingerprint density at radius 2 is 1.81 bits per heavy atom. The number of carbonyl (C=O) groups is 5. The molecule has 7 heterocycles. The van der Waals surface area contributed by atoms with Gasteiger partial charge in [0.1, 0.15) is 17.4 Å². The first-order valence-electron chi connectivity index (χ1n) is 22.0. The van der Waals surface area contributed by atoms with Gasteiger partial charge in [0.05, 0.1) is 61.6 Å². The topological polar surface area (TPSA) is 207 Å². The van der Waals surface area contributed by atoms with Crippen LogP contribution in [-0.2, 0) is 23.8 Å². The van der Waals surface area contributed by atoms with Gasteiger partial charge in [-0.15, -0.1) is 0 Å². The number of carbonyl (C=O) groups excluding carboxylic acids is 5. The van der Waals surface area contributed by atoms with Crippen LogP contribution in [0.3, 0.4) is 0 Å². The van der Waals surface area contributed by atoms with Crippen molar-refractivity contribution in [3.8, 4) is 0 Å². The van der Waals surface area contributed by atoms with Crippen LogP contribution >= 0.6 is 0 Å². The van der Waals surface area contributed by atoms with Crippen molar-refractivity contribution >= 4 is 52.4 Å². The highest BCUT2D eigenvalue weighted by atomic mass is 19.3. The molecule has 2 atom stereocenters. The van der Waals surface area contributed by atoms with E-state index in [4.69, 9.17) is 14.2 Å². The van der Waals surface area contributed by atoms with E-state index < -0.39 is 47.7 Å². The largest absolute Gasteiger partial charge is 0.384 e. The molecule has 1 aromatic carbocycles. The molecule has 0 bridgehead atoms. The van der Waals surface area contributed by atoms with Crippen LogP contribution in [0.15, 0.2) is 42.9 Å². The number of morpholine rings is 2. The van der Waals surface area contributed by atoms with Crippen molar-refractivity contribution in [2.24, 2.45) is 5.92 Å². The molecule has 21 heteroatoms. The van der Waals surface area contributed by atoms with E-state index in [0.29, 0.717) is 82.2 Å². The van der Waals surface area contributed by atoms with E-state index in [1.54, 1.807) is 29.1 Å². The molecule has 5 amide bonds. The maximum Gasteiger partial charge on any atom is 0.284 e. The van der Waals surface area contributed by atoms with E-state index in [1.165, 1.54) is 16.9 Å². The Kier molecular flexibility index (Phi) is 12.9. The first-order chi connectivity index (χ1) is 31.1. The fourth-order valence-electron chi connectivity index (χ4n) is 9.31. The van der Waals surface area contributed by atoms with Gasteiger partial charge >= 0.3 is 0 Å². The maximum atomic E-state index is 14.3. The van der Waals surface area contributed by atoms with Gasteiger partial charge in [0.2, 0.25) is 11.8 Å². The highest BCUT2D eigenvalue weighted by Gasteiger charge is 2.45. The highest BCUT2D eigenvalue weighted by Crippen LogP contribution is 2.36. The van der Waals surface area contributed by atoms with Gasteiger partial charge in [-0.1, -0.05) is 6.07 Å². The second kappa shape index (κ2) is 19.1. The third-order valence-corrected chi connectivity index (χ3v) is 12.6. The number of anilines is 3. The summed E-state index contributed by atoms with van der Waals surface area (Å²) in [5, 5.41) is 16.6. The van der Waals surface area contributed by atoms with Crippen LogP contribution in [0.25, 0.3) is 5.65 Å². The van der Waals surface area contributed by atoms with Gasteiger partial charge in [-0.25, -0.2) is 18.3 Å². The zero-order chi connectivity index (χ0) is 44.3. The summed E-state index contributed by atoms with van der Waals surface area (Å²) in [7, 11) is 0.